The van der Waals surface area contributed by atoms with Gasteiger partial charge in [0, 0.05) is 50.2 Å². The zero-order chi connectivity index (χ0) is 19.1. The summed E-state index contributed by atoms with van der Waals surface area (Å²) in [6.07, 6.45) is 0.672. The summed E-state index contributed by atoms with van der Waals surface area (Å²) in [5.41, 5.74) is 2.86. The number of fused-ring (bicyclic) bond motifs is 1. The number of hydrogen-bond acceptors (Lipinski definition) is 5. The van der Waals surface area contributed by atoms with Crippen molar-refractivity contribution in [3.05, 3.63) is 34.9 Å². The Kier molecular flexibility index (Phi) is 4.74. The van der Waals surface area contributed by atoms with Crippen LogP contribution in [-0.4, -0.2) is 58.7 Å². The predicted molar refractivity (Wildman–Crippen MR) is 99.8 cm³/mol. The van der Waals surface area contributed by atoms with Gasteiger partial charge in [-0.05, 0) is 37.5 Å². The predicted octanol–water partition coefficient (Wildman–Crippen LogP) is 0.630. The van der Waals surface area contributed by atoms with Crippen molar-refractivity contribution in [1.82, 2.24) is 20.4 Å². The fourth-order valence-electron chi connectivity index (χ4n) is 4.37. The highest BCUT2D eigenvalue weighted by atomic mass is 16.2. The Bertz CT molecular complexity index is 793. The highest BCUT2D eigenvalue weighted by molar-refractivity contribution is 6.05. The van der Waals surface area contributed by atoms with E-state index < -0.39 is 6.04 Å². The molecule has 1 aromatic rings. The van der Waals surface area contributed by atoms with E-state index in [9.17, 15) is 14.4 Å². The number of benzene rings is 1. The maximum Gasteiger partial charge on any atom is 0.255 e. The molecule has 0 radical (unpaired) electrons. The Morgan fingerprint density at radius 1 is 1.19 bits per heavy atom. The second kappa shape index (κ2) is 7.05. The number of carbonyl (C=O) groups is 3. The van der Waals surface area contributed by atoms with E-state index >= 15 is 0 Å². The summed E-state index contributed by atoms with van der Waals surface area (Å²) < 4.78 is 0. The average molecular weight is 370 g/mol. The number of carbonyl (C=O) groups excluding carboxylic acids is 3. The van der Waals surface area contributed by atoms with Crippen molar-refractivity contribution in [3.8, 4) is 0 Å². The molecule has 2 fully saturated rings. The van der Waals surface area contributed by atoms with E-state index in [0.717, 1.165) is 30.8 Å². The molecular weight excluding hydrogens is 344 g/mol. The van der Waals surface area contributed by atoms with E-state index in [0.29, 0.717) is 30.6 Å². The summed E-state index contributed by atoms with van der Waals surface area (Å²) >= 11 is 0. The molecule has 7 heteroatoms. The number of piperazine rings is 1. The maximum absolute atomic E-state index is 12.9. The van der Waals surface area contributed by atoms with E-state index in [1.165, 1.54) is 0 Å². The van der Waals surface area contributed by atoms with Gasteiger partial charge in [0.1, 0.15) is 6.04 Å². The Balaban J connectivity index is 1.56. The van der Waals surface area contributed by atoms with Gasteiger partial charge in [0.25, 0.3) is 5.91 Å². The molecule has 0 aromatic heterocycles. The van der Waals surface area contributed by atoms with Gasteiger partial charge in [-0.3, -0.25) is 24.6 Å². The number of hydrogen-bond donors (Lipinski definition) is 2. The number of imide groups is 1. The van der Waals surface area contributed by atoms with Gasteiger partial charge in [0.05, 0.1) is 0 Å². The molecule has 4 rings (SSSR count). The zero-order valence-electron chi connectivity index (χ0n) is 15.8. The van der Waals surface area contributed by atoms with E-state index in [2.05, 4.69) is 35.4 Å². The van der Waals surface area contributed by atoms with Crippen LogP contribution in [0.1, 0.15) is 48.2 Å². The molecule has 3 aliphatic heterocycles. The van der Waals surface area contributed by atoms with Gasteiger partial charge in [-0.25, -0.2) is 0 Å². The molecule has 0 bridgehead atoms. The van der Waals surface area contributed by atoms with Crippen molar-refractivity contribution >= 4 is 17.7 Å². The van der Waals surface area contributed by atoms with Crippen molar-refractivity contribution in [2.45, 2.75) is 57.9 Å². The van der Waals surface area contributed by atoms with E-state index in [1.54, 1.807) is 4.90 Å². The summed E-state index contributed by atoms with van der Waals surface area (Å²) in [5, 5.41) is 5.85. The molecule has 0 saturated carbocycles. The first-order valence-electron chi connectivity index (χ1n) is 9.68. The van der Waals surface area contributed by atoms with Crippen molar-refractivity contribution in [2.24, 2.45) is 0 Å². The van der Waals surface area contributed by atoms with Crippen molar-refractivity contribution in [3.63, 3.8) is 0 Å². The quantitative estimate of drug-likeness (QED) is 0.763. The summed E-state index contributed by atoms with van der Waals surface area (Å²) in [6, 6.07) is 6.14. The van der Waals surface area contributed by atoms with Crippen molar-refractivity contribution in [1.29, 1.82) is 0 Å². The summed E-state index contributed by atoms with van der Waals surface area (Å²) in [6.45, 7) is 7.59. The third-order valence-electron chi connectivity index (χ3n) is 6.22. The molecule has 1 unspecified atom stereocenters. The molecule has 2 saturated heterocycles. The Morgan fingerprint density at radius 2 is 2.00 bits per heavy atom. The highest BCUT2D eigenvalue weighted by Crippen LogP contribution is 2.31. The molecule has 3 amide bonds. The van der Waals surface area contributed by atoms with Crippen LogP contribution in [0.2, 0.25) is 0 Å². The lowest BCUT2D eigenvalue weighted by Gasteiger charge is -2.39. The van der Waals surface area contributed by atoms with Gasteiger partial charge in [0.2, 0.25) is 11.8 Å². The fraction of sp³-hybridized carbons (Fsp3) is 0.550. The number of nitrogens with zero attached hydrogens (tertiary/aromatic N) is 2. The summed E-state index contributed by atoms with van der Waals surface area (Å²) in [4.78, 5) is 40.6. The monoisotopic (exact) mass is 370 g/mol. The van der Waals surface area contributed by atoms with Gasteiger partial charge in [-0.1, -0.05) is 12.1 Å². The molecule has 3 heterocycles. The summed E-state index contributed by atoms with van der Waals surface area (Å²) in [7, 11) is 0. The average Bonchev–Trinajstić information content (AvgIpc) is 2.97. The van der Waals surface area contributed by atoms with Crippen LogP contribution in [0.3, 0.4) is 0 Å². The lowest BCUT2D eigenvalue weighted by atomic mass is 10.0. The molecule has 7 nitrogen and oxygen atoms in total. The first-order chi connectivity index (χ1) is 13.0. The molecule has 1 aromatic carbocycles. The van der Waals surface area contributed by atoms with Crippen molar-refractivity contribution in [2.75, 3.05) is 13.1 Å². The van der Waals surface area contributed by atoms with Gasteiger partial charge in [0.15, 0.2) is 0 Å². The molecule has 144 valence electrons. The number of amides is 3. The Labute approximate surface area is 159 Å². The van der Waals surface area contributed by atoms with Crippen LogP contribution in [0.4, 0.5) is 0 Å². The van der Waals surface area contributed by atoms with Gasteiger partial charge in [-0.2, -0.15) is 0 Å². The smallest absolute Gasteiger partial charge is 0.255 e. The molecular formula is C20H26N4O3. The molecule has 3 aliphatic rings. The second-order valence-corrected chi connectivity index (χ2v) is 7.80. The number of rotatable bonds is 3. The third kappa shape index (κ3) is 3.26. The maximum atomic E-state index is 12.9. The Hall–Kier alpha value is -2.25. The minimum absolute atomic E-state index is 0.108. The largest absolute Gasteiger partial charge is 0.322 e. The van der Waals surface area contributed by atoms with Gasteiger partial charge >= 0.3 is 0 Å². The highest BCUT2D eigenvalue weighted by Gasteiger charge is 2.40. The standard InChI is InChI=1S/C20H26N4O3/c1-12-13(2)23(9-8-21-12)10-14-4-3-5-15-16(14)11-24(20(15)27)17-6-7-18(25)22-19(17)26/h3-5,12-13,17,21H,6-11H2,1-2H3,(H,22,25,26)/t12-,13+,17?/m1/s1. The molecule has 27 heavy (non-hydrogen) atoms. The first-order valence-corrected chi connectivity index (χ1v) is 9.68. The SMILES string of the molecule is C[C@H]1NCCN(Cc2cccc3c2CN(C2CCC(=O)NC2=O)C3=O)[C@H]1C. The lowest BCUT2D eigenvalue weighted by molar-refractivity contribution is -0.136. The minimum atomic E-state index is -0.561. The van der Waals surface area contributed by atoms with Crippen LogP contribution in [0.5, 0.6) is 0 Å². The minimum Gasteiger partial charge on any atom is -0.322 e. The van der Waals surface area contributed by atoms with Crippen LogP contribution >= 0.6 is 0 Å². The molecule has 3 atom stereocenters. The van der Waals surface area contributed by atoms with Gasteiger partial charge in [-0.15, -0.1) is 0 Å². The topological polar surface area (TPSA) is 81.8 Å². The van der Waals surface area contributed by atoms with Crippen molar-refractivity contribution < 1.29 is 14.4 Å². The third-order valence-corrected chi connectivity index (χ3v) is 6.22. The first kappa shape index (κ1) is 18.1. The number of nitrogens with one attached hydrogen (secondary N) is 2. The van der Waals surface area contributed by atoms with Crippen LogP contribution < -0.4 is 10.6 Å². The Morgan fingerprint density at radius 3 is 2.78 bits per heavy atom. The number of piperidine rings is 1. The van der Waals surface area contributed by atoms with E-state index in [4.69, 9.17) is 0 Å². The van der Waals surface area contributed by atoms with Gasteiger partial charge < -0.3 is 10.2 Å². The lowest BCUT2D eigenvalue weighted by Crippen LogP contribution is -2.54. The fourth-order valence-corrected chi connectivity index (χ4v) is 4.37. The van der Waals surface area contributed by atoms with Crippen LogP contribution in [0, 0.1) is 0 Å². The van der Waals surface area contributed by atoms with E-state index in [-0.39, 0.29) is 24.1 Å². The normalized spacial score (nSPS) is 29.0. The second-order valence-electron chi connectivity index (χ2n) is 7.80. The molecule has 0 aliphatic carbocycles. The van der Waals surface area contributed by atoms with Crippen LogP contribution in [0.15, 0.2) is 18.2 Å². The van der Waals surface area contributed by atoms with Crippen LogP contribution in [-0.2, 0) is 22.7 Å². The summed E-state index contributed by atoms with van der Waals surface area (Å²) in [5.74, 6) is -0.732. The zero-order valence-corrected chi connectivity index (χ0v) is 15.8. The van der Waals surface area contributed by atoms with E-state index in [1.807, 2.05) is 12.1 Å². The molecule has 2 N–H and O–H groups in total. The van der Waals surface area contributed by atoms with Crippen LogP contribution in [0.25, 0.3) is 0 Å². The molecule has 0 spiro atoms.